The van der Waals surface area contributed by atoms with Crippen molar-refractivity contribution in [3.63, 3.8) is 0 Å². The van der Waals surface area contributed by atoms with Crippen LogP contribution >= 0.6 is 11.8 Å². The van der Waals surface area contributed by atoms with Gasteiger partial charge >= 0.3 is 5.97 Å². The quantitative estimate of drug-likeness (QED) is 0.448. The summed E-state index contributed by atoms with van der Waals surface area (Å²) in [6.45, 7) is 13.9. The number of aromatic hydroxyl groups is 1. The number of phenolic OH excluding ortho intramolecular Hbond substituents is 1. The van der Waals surface area contributed by atoms with E-state index in [0.717, 1.165) is 28.5 Å². The Labute approximate surface area is 216 Å². The number of esters is 1. The number of nitrogens with zero attached hydrogens (tertiary/aromatic N) is 1. The van der Waals surface area contributed by atoms with Gasteiger partial charge in [0.1, 0.15) is 22.1 Å². The molecule has 6 nitrogen and oxygen atoms in total. The number of aliphatic hydroxyl groups is 1. The number of benzene rings is 2. The van der Waals surface area contributed by atoms with E-state index in [4.69, 9.17) is 4.74 Å². The second kappa shape index (κ2) is 10.3. The standard InChI is InChI=1S/C29H33NO5S/c1-8-35-27(34)22-24(32)21(36-26(22)30-25(33)18-12-10-9-11-13-18)16-17-14-19(28(2,3)4)23(31)20(15-17)29(5,6)7/h9-16,31-32H,8H2,1-7H3/b21-16-,30-26?. The van der Waals surface area contributed by atoms with Gasteiger partial charge in [0.15, 0.2) is 0 Å². The van der Waals surface area contributed by atoms with E-state index in [0.29, 0.717) is 10.5 Å². The number of carbonyl (C=O) groups excluding carboxylic acids is 2. The van der Waals surface area contributed by atoms with Crippen molar-refractivity contribution in [3.8, 4) is 5.75 Å². The van der Waals surface area contributed by atoms with Crippen molar-refractivity contribution in [1.29, 1.82) is 0 Å². The predicted molar refractivity (Wildman–Crippen MR) is 146 cm³/mol. The van der Waals surface area contributed by atoms with Crippen LogP contribution in [0.5, 0.6) is 5.75 Å². The first kappa shape index (κ1) is 27.3. The average molecular weight is 508 g/mol. The summed E-state index contributed by atoms with van der Waals surface area (Å²) in [6, 6.07) is 12.3. The van der Waals surface area contributed by atoms with Gasteiger partial charge in [0.2, 0.25) is 0 Å². The fourth-order valence-electron chi connectivity index (χ4n) is 3.76. The van der Waals surface area contributed by atoms with E-state index in [1.165, 1.54) is 0 Å². The number of thioether (sulfide) groups is 1. The van der Waals surface area contributed by atoms with E-state index >= 15 is 0 Å². The van der Waals surface area contributed by atoms with Crippen molar-refractivity contribution in [1.82, 2.24) is 0 Å². The van der Waals surface area contributed by atoms with Crippen LogP contribution in [-0.2, 0) is 20.4 Å². The molecule has 1 aliphatic rings. The molecule has 0 atom stereocenters. The summed E-state index contributed by atoms with van der Waals surface area (Å²) >= 11 is 1.03. The van der Waals surface area contributed by atoms with Crippen LogP contribution in [0.15, 0.2) is 63.7 Å². The number of phenols is 1. The normalized spacial score (nSPS) is 16.6. The first-order valence-corrected chi connectivity index (χ1v) is 12.6. The molecule has 0 bridgehead atoms. The van der Waals surface area contributed by atoms with E-state index in [9.17, 15) is 19.8 Å². The molecule has 0 fully saturated rings. The monoisotopic (exact) mass is 507 g/mol. The molecule has 1 amide bonds. The Morgan fingerprint density at radius 3 is 2.03 bits per heavy atom. The SMILES string of the molecule is CCOC(=O)C1=C(O)/C(=C/c2cc(C(C)(C)C)c(O)c(C(C)(C)C)c2)SC1=NC(=O)c1ccccc1. The molecule has 190 valence electrons. The van der Waals surface area contributed by atoms with Gasteiger partial charge in [0.05, 0.1) is 11.5 Å². The number of aliphatic imine (C=N–C) groups is 1. The summed E-state index contributed by atoms with van der Waals surface area (Å²) in [5.74, 6) is -1.31. The molecule has 0 aliphatic carbocycles. The fraction of sp³-hybridized carbons (Fsp3) is 0.345. The van der Waals surface area contributed by atoms with E-state index in [-0.39, 0.29) is 39.6 Å². The smallest absolute Gasteiger partial charge is 0.344 e. The predicted octanol–water partition coefficient (Wildman–Crippen LogP) is 6.69. The first-order chi connectivity index (χ1) is 16.7. The lowest BCUT2D eigenvalue weighted by atomic mass is 9.78. The van der Waals surface area contributed by atoms with Crippen molar-refractivity contribution >= 4 is 34.8 Å². The molecular formula is C29H33NO5S. The average Bonchev–Trinajstić information content (AvgIpc) is 3.08. The Balaban J connectivity index is 2.15. The maximum Gasteiger partial charge on any atom is 0.344 e. The lowest BCUT2D eigenvalue weighted by molar-refractivity contribution is -0.138. The van der Waals surface area contributed by atoms with Gasteiger partial charge in [-0.15, -0.1) is 0 Å². The van der Waals surface area contributed by atoms with Crippen LogP contribution in [0.1, 0.15) is 75.5 Å². The number of hydrogen-bond acceptors (Lipinski definition) is 6. The lowest BCUT2D eigenvalue weighted by Gasteiger charge is -2.28. The summed E-state index contributed by atoms with van der Waals surface area (Å²) in [6.07, 6.45) is 1.73. The summed E-state index contributed by atoms with van der Waals surface area (Å²) in [5, 5.41) is 22.1. The van der Waals surface area contributed by atoms with Crippen LogP contribution in [0.2, 0.25) is 0 Å². The number of hydrogen-bond donors (Lipinski definition) is 2. The molecule has 3 rings (SSSR count). The number of aliphatic hydroxyl groups excluding tert-OH is 1. The maximum absolute atomic E-state index is 12.7. The molecule has 2 N–H and O–H groups in total. The van der Waals surface area contributed by atoms with E-state index in [2.05, 4.69) is 4.99 Å². The molecule has 36 heavy (non-hydrogen) atoms. The molecule has 0 saturated heterocycles. The minimum atomic E-state index is -0.748. The molecule has 1 aliphatic heterocycles. The third kappa shape index (κ3) is 5.90. The van der Waals surface area contributed by atoms with Crippen LogP contribution in [0, 0.1) is 0 Å². The highest BCUT2D eigenvalue weighted by molar-refractivity contribution is 8.18. The number of carbonyl (C=O) groups is 2. The Bertz CT molecular complexity index is 1240. The van der Waals surface area contributed by atoms with E-state index in [1.54, 1.807) is 43.3 Å². The van der Waals surface area contributed by atoms with Crippen molar-refractivity contribution in [3.05, 3.63) is 81.0 Å². The number of amides is 1. The fourth-order valence-corrected chi connectivity index (χ4v) is 4.78. The Kier molecular flexibility index (Phi) is 7.84. The molecule has 2 aromatic carbocycles. The molecule has 1 heterocycles. The van der Waals surface area contributed by atoms with Crippen molar-refractivity contribution < 1.29 is 24.5 Å². The zero-order chi connectivity index (χ0) is 26.8. The summed E-state index contributed by atoms with van der Waals surface area (Å²) in [5.41, 5.74) is 1.86. The van der Waals surface area contributed by atoms with E-state index in [1.807, 2.05) is 53.7 Å². The minimum absolute atomic E-state index is 0.0805. The van der Waals surface area contributed by atoms with Gasteiger partial charge in [-0.05, 0) is 53.7 Å². The highest BCUT2D eigenvalue weighted by atomic mass is 32.2. The third-order valence-electron chi connectivity index (χ3n) is 5.64. The van der Waals surface area contributed by atoms with Crippen LogP contribution in [0.25, 0.3) is 6.08 Å². The largest absolute Gasteiger partial charge is 0.507 e. The Morgan fingerprint density at radius 2 is 1.53 bits per heavy atom. The highest BCUT2D eigenvalue weighted by Gasteiger charge is 2.34. The van der Waals surface area contributed by atoms with Gasteiger partial charge in [0, 0.05) is 16.7 Å². The molecule has 0 unspecified atom stereocenters. The molecule has 7 heteroatoms. The van der Waals surface area contributed by atoms with Crippen LogP contribution in [0.4, 0.5) is 0 Å². The van der Waals surface area contributed by atoms with Gasteiger partial charge in [-0.3, -0.25) is 4.79 Å². The van der Waals surface area contributed by atoms with Crippen LogP contribution < -0.4 is 0 Å². The minimum Gasteiger partial charge on any atom is -0.507 e. The molecule has 0 spiro atoms. The number of rotatable bonds is 4. The van der Waals surface area contributed by atoms with Gasteiger partial charge in [0.25, 0.3) is 5.91 Å². The van der Waals surface area contributed by atoms with Crippen molar-refractivity contribution in [2.45, 2.75) is 59.3 Å². The molecule has 0 radical (unpaired) electrons. The maximum atomic E-state index is 12.7. The topological polar surface area (TPSA) is 96.2 Å². The summed E-state index contributed by atoms with van der Waals surface area (Å²) in [4.78, 5) is 29.9. The molecule has 2 aromatic rings. The van der Waals surface area contributed by atoms with Crippen LogP contribution in [0.3, 0.4) is 0 Å². The molecule has 0 saturated carbocycles. The zero-order valence-electron chi connectivity index (χ0n) is 21.8. The van der Waals surface area contributed by atoms with Gasteiger partial charge in [-0.2, -0.15) is 0 Å². The van der Waals surface area contributed by atoms with Crippen molar-refractivity contribution in [2.75, 3.05) is 6.61 Å². The third-order valence-corrected chi connectivity index (χ3v) is 6.66. The Morgan fingerprint density at radius 1 is 0.972 bits per heavy atom. The number of ether oxygens (including phenoxy) is 1. The zero-order valence-corrected chi connectivity index (χ0v) is 22.6. The second-order valence-corrected chi connectivity index (χ2v) is 11.6. The first-order valence-electron chi connectivity index (χ1n) is 11.8. The van der Waals surface area contributed by atoms with Gasteiger partial charge in [-0.25, -0.2) is 9.79 Å². The summed E-state index contributed by atoms with van der Waals surface area (Å²) < 4.78 is 5.13. The summed E-state index contributed by atoms with van der Waals surface area (Å²) in [7, 11) is 0. The lowest BCUT2D eigenvalue weighted by Crippen LogP contribution is -2.17. The van der Waals surface area contributed by atoms with Crippen LogP contribution in [-0.4, -0.2) is 33.7 Å². The van der Waals surface area contributed by atoms with Crippen molar-refractivity contribution in [2.24, 2.45) is 4.99 Å². The van der Waals surface area contributed by atoms with Gasteiger partial charge < -0.3 is 14.9 Å². The second-order valence-electron chi connectivity index (χ2n) is 10.6. The van der Waals surface area contributed by atoms with Gasteiger partial charge in [-0.1, -0.05) is 71.5 Å². The highest BCUT2D eigenvalue weighted by Crippen LogP contribution is 2.43. The molecular weight excluding hydrogens is 474 g/mol. The molecule has 0 aromatic heterocycles. The Hall–Kier alpha value is -3.32. The van der Waals surface area contributed by atoms with E-state index < -0.39 is 11.9 Å².